The fourth-order valence-electron chi connectivity index (χ4n) is 3.11. The van der Waals surface area contributed by atoms with Crippen LogP contribution in [0.25, 0.3) is 0 Å². The van der Waals surface area contributed by atoms with Gasteiger partial charge in [0.25, 0.3) is 17.7 Å². The van der Waals surface area contributed by atoms with Gasteiger partial charge in [0.05, 0.1) is 16.8 Å². The number of hydrogen-bond acceptors (Lipinski definition) is 6. The van der Waals surface area contributed by atoms with Crippen LogP contribution in [-0.4, -0.2) is 29.5 Å². The van der Waals surface area contributed by atoms with Gasteiger partial charge < -0.3 is 5.32 Å². The van der Waals surface area contributed by atoms with E-state index < -0.39 is 29.5 Å². The number of fused-ring (bicyclic) bond motifs is 1. The molecule has 8 nitrogen and oxygen atoms in total. The smallest absolute Gasteiger partial charge is 0.259 e. The van der Waals surface area contributed by atoms with E-state index in [4.69, 9.17) is 0 Å². The minimum atomic E-state index is -1.33. The highest BCUT2D eigenvalue weighted by atomic mass is 16.2. The number of nitrogens with one attached hydrogen (secondary N) is 2. The second-order valence-electron chi connectivity index (χ2n) is 6.98. The van der Waals surface area contributed by atoms with E-state index in [9.17, 15) is 19.2 Å². The van der Waals surface area contributed by atoms with Crippen LogP contribution >= 0.6 is 0 Å². The lowest BCUT2D eigenvalue weighted by molar-refractivity contribution is -0.126. The number of Topliss-reactive ketones (excluding diaryl/α,β-unsaturated/α-hetero) is 1. The lowest BCUT2D eigenvalue weighted by atomic mass is 10.1. The third-order valence-electron chi connectivity index (χ3n) is 4.78. The van der Waals surface area contributed by atoms with E-state index in [0.29, 0.717) is 5.69 Å². The molecule has 1 heterocycles. The van der Waals surface area contributed by atoms with Crippen molar-refractivity contribution in [3.63, 3.8) is 0 Å². The zero-order chi connectivity index (χ0) is 21.8. The first-order valence-corrected chi connectivity index (χ1v) is 9.67. The lowest BCUT2D eigenvalue weighted by Gasteiger charge is -2.12. The van der Waals surface area contributed by atoms with Crippen LogP contribution in [0.3, 0.4) is 0 Å². The fourth-order valence-corrected chi connectivity index (χ4v) is 3.11. The molecule has 1 aliphatic rings. The third kappa shape index (κ3) is 4.48. The number of rotatable bonds is 7. The molecule has 2 N–H and O–H groups in total. The predicted octanol–water partition coefficient (Wildman–Crippen LogP) is 3.38. The average molecular weight is 406 g/mol. The standard InChI is InChI=1S/C22H22N4O4/c1-4-13-8-14(5-2)10-16(9-13)23-22(30)19(12(3)27)26-25-15-6-7-17-18(11-15)21(29)24-20(17)28/h6-11,19H,4-5H2,1-3H3,(H,23,30)(H,24,28,29). The second kappa shape index (κ2) is 8.77. The number of carbonyl (C=O) groups is 4. The Hall–Kier alpha value is -3.68. The van der Waals surface area contributed by atoms with Crippen molar-refractivity contribution < 1.29 is 19.2 Å². The largest absolute Gasteiger partial charge is 0.324 e. The normalized spacial score (nSPS) is 13.8. The van der Waals surface area contributed by atoms with Crippen molar-refractivity contribution in [1.82, 2.24) is 5.32 Å². The molecule has 1 unspecified atom stereocenters. The lowest BCUT2D eigenvalue weighted by Crippen LogP contribution is -2.31. The molecule has 2 aromatic rings. The van der Waals surface area contributed by atoms with Gasteiger partial charge in [0.15, 0.2) is 5.78 Å². The molecule has 0 saturated heterocycles. The first kappa shape index (κ1) is 21.0. The van der Waals surface area contributed by atoms with Crippen molar-refractivity contribution in [3.8, 4) is 0 Å². The molecule has 0 aliphatic carbocycles. The van der Waals surface area contributed by atoms with Crippen molar-refractivity contribution in [1.29, 1.82) is 0 Å². The minimum Gasteiger partial charge on any atom is -0.324 e. The zero-order valence-electron chi connectivity index (χ0n) is 17.0. The highest BCUT2D eigenvalue weighted by Crippen LogP contribution is 2.23. The molecule has 0 radical (unpaired) electrons. The van der Waals surface area contributed by atoms with Crippen LogP contribution < -0.4 is 10.6 Å². The molecule has 3 amide bonds. The number of amides is 3. The van der Waals surface area contributed by atoms with Crippen LogP contribution in [0.5, 0.6) is 0 Å². The minimum absolute atomic E-state index is 0.184. The quantitative estimate of drug-likeness (QED) is 0.416. The summed E-state index contributed by atoms with van der Waals surface area (Å²) in [5.41, 5.74) is 3.46. The third-order valence-corrected chi connectivity index (χ3v) is 4.78. The maximum atomic E-state index is 12.7. The Bertz CT molecular complexity index is 1050. The molecule has 0 bridgehead atoms. The summed E-state index contributed by atoms with van der Waals surface area (Å²) in [6.45, 7) is 5.31. The molecule has 2 aromatic carbocycles. The Morgan fingerprint density at radius 2 is 1.60 bits per heavy atom. The molecule has 0 aromatic heterocycles. The van der Waals surface area contributed by atoms with Gasteiger partial charge in [-0.2, -0.15) is 10.2 Å². The molecule has 1 atom stereocenters. The predicted molar refractivity (Wildman–Crippen MR) is 111 cm³/mol. The molecular weight excluding hydrogens is 384 g/mol. The molecule has 0 spiro atoms. The number of hydrogen-bond donors (Lipinski definition) is 2. The summed E-state index contributed by atoms with van der Waals surface area (Å²) in [7, 11) is 0. The van der Waals surface area contributed by atoms with E-state index in [-0.39, 0.29) is 16.8 Å². The molecule has 0 fully saturated rings. The summed E-state index contributed by atoms with van der Waals surface area (Å²) in [5, 5.41) is 12.8. The van der Waals surface area contributed by atoms with Crippen molar-refractivity contribution in [2.45, 2.75) is 39.7 Å². The van der Waals surface area contributed by atoms with Gasteiger partial charge in [0.1, 0.15) is 0 Å². The first-order valence-electron chi connectivity index (χ1n) is 9.67. The molecule has 8 heteroatoms. The van der Waals surface area contributed by atoms with Crippen LogP contribution in [0.2, 0.25) is 0 Å². The number of carbonyl (C=O) groups excluding carboxylic acids is 4. The van der Waals surface area contributed by atoms with Gasteiger partial charge in [-0.25, -0.2) is 0 Å². The molecule has 0 saturated carbocycles. The van der Waals surface area contributed by atoms with E-state index in [0.717, 1.165) is 24.0 Å². The van der Waals surface area contributed by atoms with Crippen molar-refractivity contribution in [2.75, 3.05) is 5.32 Å². The SMILES string of the molecule is CCc1cc(CC)cc(NC(=O)C(N=Nc2ccc3c(c2)C(=O)NC3=O)C(C)=O)c1. The Labute approximate surface area is 173 Å². The number of aryl methyl sites for hydroxylation is 2. The van der Waals surface area contributed by atoms with E-state index in [1.54, 1.807) is 0 Å². The van der Waals surface area contributed by atoms with E-state index in [1.165, 1.54) is 25.1 Å². The van der Waals surface area contributed by atoms with E-state index in [1.807, 2.05) is 26.0 Å². The number of benzene rings is 2. The summed E-state index contributed by atoms with van der Waals surface area (Å²) in [6.07, 6.45) is 1.64. The fraction of sp³-hybridized carbons (Fsp3) is 0.273. The van der Waals surface area contributed by atoms with E-state index >= 15 is 0 Å². The second-order valence-corrected chi connectivity index (χ2v) is 6.98. The van der Waals surface area contributed by atoms with Crippen molar-refractivity contribution in [2.24, 2.45) is 10.2 Å². The zero-order valence-corrected chi connectivity index (χ0v) is 17.0. The highest BCUT2D eigenvalue weighted by molar-refractivity contribution is 6.21. The summed E-state index contributed by atoms with van der Waals surface area (Å²) in [5.74, 6) is -2.04. The van der Waals surface area contributed by atoms with Gasteiger partial charge in [-0.05, 0) is 61.2 Å². The van der Waals surface area contributed by atoms with Gasteiger partial charge >= 0.3 is 0 Å². The number of azo groups is 1. The molecular formula is C22H22N4O4. The van der Waals surface area contributed by atoms with Gasteiger partial charge in [0.2, 0.25) is 6.04 Å². The molecule has 30 heavy (non-hydrogen) atoms. The average Bonchev–Trinajstić information content (AvgIpc) is 3.00. The maximum Gasteiger partial charge on any atom is 0.259 e. The topological polar surface area (TPSA) is 117 Å². The first-order chi connectivity index (χ1) is 14.3. The summed E-state index contributed by atoms with van der Waals surface area (Å²) in [6, 6.07) is 8.81. The highest BCUT2D eigenvalue weighted by Gasteiger charge is 2.27. The van der Waals surface area contributed by atoms with Crippen LogP contribution in [0, 0.1) is 0 Å². The molecule has 154 valence electrons. The number of nitrogens with zero attached hydrogens (tertiary/aromatic N) is 2. The maximum absolute atomic E-state index is 12.7. The van der Waals surface area contributed by atoms with Crippen LogP contribution in [0.1, 0.15) is 52.6 Å². The Morgan fingerprint density at radius 3 is 2.20 bits per heavy atom. The number of anilines is 1. The Morgan fingerprint density at radius 1 is 0.967 bits per heavy atom. The molecule has 3 rings (SSSR count). The Kier molecular flexibility index (Phi) is 6.15. The van der Waals surface area contributed by atoms with Gasteiger partial charge in [-0.3, -0.25) is 24.5 Å². The van der Waals surface area contributed by atoms with Crippen LogP contribution in [0.15, 0.2) is 46.6 Å². The number of imide groups is 1. The summed E-state index contributed by atoms with van der Waals surface area (Å²) < 4.78 is 0. The Balaban J connectivity index is 1.80. The number of ketones is 1. The van der Waals surface area contributed by atoms with Gasteiger partial charge in [0, 0.05) is 5.69 Å². The summed E-state index contributed by atoms with van der Waals surface area (Å²) in [4.78, 5) is 48.0. The van der Waals surface area contributed by atoms with E-state index in [2.05, 4.69) is 26.9 Å². The van der Waals surface area contributed by atoms with Crippen molar-refractivity contribution >= 4 is 34.9 Å². The van der Waals surface area contributed by atoms with Gasteiger partial charge in [-0.1, -0.05) is 19.9 Å². The monoisotopic (exact) mass is 406 g/mol. The van der Waals surface area contributed by atoms with Crippen LogP contribution in [-0.2, 0) is 22.4 Å². The van der Waals surface area contributed by atoms with Gasteiger partial charge in [-0.15, -0.1) is 0 Å². The summed E-state index contributed by atoms with van der Waals surface area (Å²) >= 11 is 0. The van der Waals surface area contributed by atoms with Crippen molar-refractivity contribution in [3.05, 3.63) is 58.7 Å². The van der Waals surface area contributed by atoms with Crippen LogP contribution in [0.4, 0.5) is 11.4 Å². The molecule has 1 aliphatic heterocycles.